The van der Waals surface area contributed by atoms with Crippen LogP contribution in [0.2, 0.25) is 0 Å². The Morgan fingerprint density at radius 2 is 1.96 bits per heavy atom. The first-order valence-electron chi connectivity index (χ1n) is 8.58. The topological polar surface area (TPSA) is 72.4 Å². The molecule has 0 aliphatic rings. The third-order valence-corrected chi connectivity index (χ3v) is 5.11. The number of carbonyl (C=O) groups is 1. The summed E-state index contributed by atoms with van der Waals surface area (Å²) >= 11 is 1.48. The monoisotopic (exact) mass is 382 g/mol. The van der Waals surface area contributed by atoms with Gasteiger partial charge in [0.05, 0.1) is 12.0 Å². The van der Waals surface area contributed by atoms with Crippen LogP contribution in [-0.4, -0.2) is 27.6 Å². The molecule has 27 heavy (non-hydrogen) atoms. The lowest BCUT2D eigenvalue weighted by atomic mass is 10.2. The molecule has 2 aromatic heterocycles. The summed E-state index contributed by atoms with van der Waals surface area (Å²) in [6.45, 7) is 7.87. The Balaban J connectivity index is 1.59. The molecular weight excluding hydrogens is 360 g/mol. The van der Waals surface area contributed by atoms with Crippen LogP contribution in [0.15, 0.2) is 50.9 Å². The van der Waals surface area contributed by atoms with Crippen LogP contribution in [0.25, 0.3) is 5.82 Å². The second kappa shape index (κ2) is 8.26. The van der Waals surface area contributed by atoms with E-state index in [9.17, 15) is 4.79 Å². The number of hydrogen-bond donors (Lipinski definition) is 1. The third-order valence-electron chi connectivity index (χ3n) is 4.10. The number of aryl methyl sites for hydroxylation is 3. The highest BCUT2D eigenvalue weighted by Gasteiger charge is 2.12. The van der Waals surface area contributed by atoms with E-state index in [1.807, 2.05) is 68.7 Å². The molecule has 0 aliphatic carbocycles. The molecule has 140 valence electrons. The van der Waals surface area contributed by atoms with Crippen LogP contribution in [0.5, 0.6) is 0 Å². The normalized spacial score (nSPS) is 11.3. The summed E-state index contributed by atoms with van der Waals surface area (Å²) < 4.78 is 7.15. The summed E-state index contributed by atoms with van der Waals surface area (Å²) in [6, 6.07) is 12.0. The van der Waals surface area contributed by atoms with Gasteiger partial charge in [0.1, 0.15) is 5.76 Å². The fraction of sp³-hybridized carbons (Fsp3) is 0.250. The van der Waals surface area contributed by atoms with Gasteiger partial charge in [-0.2, -0.15) is 5.10 Å². The molecule has 0 unspecified atom stereocenters. The number of carbonyl (C=O) groups excluding carboxylic acids is 1. The van der Waals surface area contributed by atoms with Crippen LogP contribution in [0.4, 0.5) is 0 Å². The molecule has 1 aromatic carbocycles. The maximum Gasteiger partial charge on any atom is 0.250 e. The van der Waals surface area contributed by atoms with Gasteiger partial charge >= 0.3 is 0 Å². The van der Waals surface area contributed by atoms with Crippen molar-refractivity contribution in [2.24, 2.45) is 5.10 Å². The zero-order valence-electron chi connectivity index (χ0n) is 15.8. The zero-order chi connectivity index (χ0) is 19.4. The van der Waals surface area contributed by atoms with E-state index in [4.69, 9.17) is 4.52 Å². The second-order valence-electron chi connectivity index (χ2n) is 6.35. The number of hydrazone groups is 1. The van der Waals surface area contributed by atoms with Gasteiger partial charge in [0, 0.05) is 27.9 Å². The van der Waals surface area contributed by atoms with Crippen LogP contribution in [0.1, 0.15) is 28.3 Å². The summed E-state index contributed by atoms with van der Waals surface area (Å²) in [5.74, 6) is 1.67. The first kappa shape index (κ1) is 19.0. The average molecular weight is 382 g/mol. The summed E-state index contributed by atoms with van der Waals surface area (Å²) in [4.78, 5) is 13.0. The van der Waals surface area contributed by atoms with Crippen molar-refractivity contribution in [1.82, 2.24) is 15.1 Å². The standard InChI is InChI=1S/C20H22N4O2S/c1-13-5-7-18(8-6-13)27-12-20(25)22-21-11-17-9-14(2)24(16(17)4)19-10-15(3)26-23-19/h5-11H,12H2,1-4H3,(H,22,25)/b21-11-. The highest BCUT2D eigenvalue weighted by Crippen LogP contribution is 2.20. The molecule has 0 fully saturated rings. The maximum atomic E-state index is 12.0. The second-order valence-corrected chi connectivity index (χ2v) is 7.40. The number of thioether (sulfide) groups is 1. The number of nitrogens with zero attached hydrogens (tertiary/aromatic N) is 3. The van der Waals surface area contributed by atoms with E-state index >= 15 is 0 Å². The summed E-state index contributed by atoms with van der Waals surface area (Å²) in [7, 11) is 0. The number of aromatic nitrogens is 2. The molecule has 7 heteroatoms. The maximum absolute atomic E-state index is 12.0. The van der Waals surface area contributed by atoms with Crippen molar-refractivity contribution in [3.63, 3.8) is 0 Å². The predicted molar refractivity (Wildman–Crippen MR) is 108 cm³/mol. The lowest BCUT2D eigenvalue weighted by Crippen LogP contribution is -2.19. The van der Waals surface area contributed by atoms with Crippen LogP contribution < -0.4 is 5.43 Å². The Kier molecular flexibility index (Phi) is 5.81. The van der Waals surface area contributed by atoms with Gasteiger partial charge in [0.25, 0.3) is 0 Å². The van der Waals surface area contributed by atoms with Gasteiger partial charge < -0.3 is 4.52 Å². The van der Waals surface area contributed by atoms with E-state index in [1.165, 1.54) is 17.3 Å². The fourth-order valence-electron chi connectivity index (χ4n) is 2.72. The van der Waals surface area contributed by atoms with Gasteiger partial charge in [0.15, 0.2) is 5.82 Å². The predicted octanol–water partition coefficient (Wildman–Crippen LogP) is 3.94. The van der Waals surface area contributed by atoms with Gasteiger partial charge in [-0.1, -0.05) is 22.9 Å². The summed E-state index contributed by atoms with van der Waals surface area (Å²) in [5, 5.41) is 8.15. The number of benzene rings is 1. The number of hydrogen-bond acceptors (Lipinski definition) is 5. The molecule has 0 aliphatic heterocycles. The molecule has 6 nitrogen and oxygen atoms in total. The lowest BCUT2D eigenvalue weighted by molar-refractivity contribution is -0.118. The van der Waals surface area contributed by atoms with Crippen LogP contribution in [0.3, 0.4) is 0 Å². The van der Waals surface area contributed by atoms with Gasteiger partial charge in [-0.15, -0.1) is 11.8 Å². The Morgan fingerprint density at radius 3 is 2.63 bits per heavy atom. The molecule has 0 atom stereocenters. The average Bonchev–Trinajstić information content (AvgIpc) is 3.17. The number of amides is 1. The molecule has 1 N–H and O–H groups in total. The molecule has 0 bridgehead atoms. The fourth-order valence-corrected chi connectivity index (χ4v) is 3.41. The van der Waals surface area contributed by atoms with Crippen LogP contribution in [0, 0.1) is 27.7 Å². The van der Waals surface area contributed by atoms with E-state index < -0.39 is 0 Å². The minimum absolute atomic E-state index is 0.141. The Morgan fingerprint density at radius 1 is 1.22 bits per heavy atom. The molecule has 0 saturated carbocycles. The van der Waals surface area contributed by atoms with Crippen molar-refractivity contribution in [3.8, 4) is 5.82 Å². The molecule has 0 saturated heterocycles. The molecule has 1 amide bonds. The summed E-state index contributed by atoms with van der Waals surface area (Å²) in [5.41, 5.74) is 6.69. The summed E-state index contributed by atoms with van der Waals surface area (Å²) in [6.07, 6.45) is 1.65. The van der Waals surface area contributed by atoms with Crippen molar-refractivity contribution in [1.29, 1.82) is 0 Å². The van der Waals surface area contributed by atoms with Gasteiger partial charge in [-0.05, 0) is 45.9 Å². The Bertz CT molecular complexity index is 971. The third kappa shape index (κ3) is 4.68. The van der Waals surface area contributed by atoms with Crippen molar-refractivity contribution in [2.45, 2.75) is 32.6 Å². The minimum Gasteiger partial charge on any atom is -0.360 e. The van der Waals surface area contributed by atoms with Gasteiger partial charge in [-0.25, -0.2) is 5.43 Å². The molecule has 0 radical (unpaired) electrons. The Hall–Kier alpha value is -2.80. The van der Waals surface area contributed by atoms with Crippen LogP contribution in [-0.2, 0) is 4.79 Å². The largest absolute Gasteiger partial charge is 0.360 e. The smallest absolute Gasteiger partial charge is 0.250 e. The van der Waals surface area contributed by atoms with Crippen molar-refractivity contribution >= 4 is 23.9 Å². The highest BCUT2D eigenvalue weighted by atomic mass is 32.2. The SMILES string of the molecule is Cc1ccc(SCC(=O)N/N=C\c2cc(C)n(-c3cc(C)on3)c2C)cc1. The molecule has 0 spiro atoms. The van der Waals surface area contributed by atoms with E-state index in [0.717, 1.165) is 33.4 Å². The number of nitrogens with one attached hydrogen (secondary N) is 1. The number of rotatable bonds is 6. The van der Waals surface area contributed by atoms with E-state index in [-0.39, 0.29) is 5.91 Å². The Labute approximate surface area is 162 Å². The van der Waals surface area contributed by atoms with Crippen molar-refractivity contribution in [3.05, 3.63) is 64.7 Å². The van der Waals surface area contributed by atoms with Crippen LogP contribution >= 0.6 is 11.8 Å². The molecular formula is C20H22N4O2S. The van der Waals surface area contributed by atoms with Crippen molar-refractivity contribution < 1.29 is 9.32 Å². The molecule has 3 aromatic rings. The molecule has 2 heterocycles. The van der Waals surface area contributed by atoms with Crippen molar-refractivity contribution in [2.75, 3.05) is 5.75 Å². The van der Waals surface area contributed by atoms with E-state index in [0.29, 0.717) is 5.75 Å². The van der Waals surface area contributed by atoms with E-state index in [1.54, 1.807) is 6.21 Å². The zero-order valence-corrected chi connectivity index (χ0v) is 16.6. The quantitative estimate of drug-likeness (QED) is 0.398. The first-order chi connectivity index (χ1) is 12.9. The van der Waals surface area contributed by atoms with Gasteiger partial charge in [-0.3, -0.25) is 9.36 Å². The first-order valence-corrected chi connectivity index (χ1v) is 9.56. The molecule has 3 rings (SSSR count). The minimum atomic E-state index is -0.141. The van der Waals surface area contributed by atoms with E-state index in [2.05, 4.69) is 15.7 Å². The highest BCUT2D eigenvalue weighted by molar-refractivity contribution is 8.00. The van der Waals surface area contributed by atoms with Gasteiger partial charge in [0.2, 0.25) is 5.91 Å². The lowest BCUT2D eigenvalue weighted by Gasteiger charge is -2.04.